The predicted octanol–water partition coefficient (Wildman–Crippen LogP) is 1.12. The van der Waals surface area contributed by atoms with Gasteiger partial charge in [-0.1, -0.05) is 0 Å². The number of nitrogens with one attached hydrogen (secondary N) is 2. The number of H-pyrrole nitrogens is 1. The predicted molar refractivity (Wildman–Crippen MR) is 63.0 cm³/mol. The first-order valence-corrected chi connectivity index (χ1v) is 6.25. The number of rotatable bonds is 3. The molecule has 0 radical (unpaired) electrons. The Bertz CT molecular complexity index is 323. The maximum Gasteiger partial charge on any atom is 0.0922 e. The van der Waals surface area contributed by atoms with Crippen LogP contribution in [0.3, 0.4) is 0 Å². The van der Waals surface area contributed by atoms with Crippen molar-refractivity contribution < 1.29 is 0 Å². The molecule has 2 atom stereocenters. The second-order valence-corrected chi connectivity index (χ2v) is 5.26. The van der Waals surface area contributed by atoms with E-state index in [1.54, 1.807) is 6.33 Å². The standard InChI is InChI=1S/C12H20N4/c1-16(7-11-6-13-8-14-11)12-4-9-2-3-10(5-12)15-9/h6,8-10,12,15H,2-5,7H2,1H3,(H,13,14). The molecule has 16 heavy (non-hydrogen) atoms. The lowest BCUT2D eigenvalue weighted by atomic mass is 9.98. The van der Waals surface area contributed by atoms with Crippen LogP contribution in [-0.4, -0.2) is 40.0 Å². The Balaban J connectivity index is 1.60. The van der Waals surface area contributed by atoms with Gasteiger partial charge in [0, 0.05) is 36.6 Å². The molecule has 2 saturated heterocycles. The quantitative estimate of drug-likeness (QED) is 0.802. The molecule has 88 valence electrons. The first-order chi connectivity index (χ1) is 7.81. The highest BCUT2D eigenvalue weighted by Crippen LogP contribution is 2.29. The Kier molecular flexibility index (Phi) is 2.69. The summed E-state index contributed by atoms with van der Waals surface area (Å²) in [5.74, 6) is 0. The van der Waals surface area contributed by atoms with Gasteiger partial charge in [0.05, 0.1) is 6.33 Å². The maximum atomic E-state index is 4.07. The van der Waals surface area contributed by atoms with E-state index in [0.29, 0.717) is 0 Å². The van der Waals surface area contributed by atoms with Gasteiger partial charge in [-0.05, 0) is 32.7 Å². The van der Waals surface area contributed by atoms with Crippen LogP contribution in [0.25, 0.3) is 0 Å². The molecule has 0 saturated carbocycles. The van der Waals surface area contributed by atoms with Crippen LogP contribution in [0, 0.1) is 0 Å². The van der Waals surface area contributed by atoms with Gasteiger partial charge in [-0.15, -0.1) is 0 Å². The average Bonchev–Trinajstić information content (AvgIpc) is 2.89. The lowest BCUT2D eigenvalue weighted by Gasteiger charge is -2.35. The fourth-order valence-corrected chi connectivity index (χ4v) is 3.16. The molecule has 1 aromatic rings. The molecular weight excluding hydrogens is 200 g/mol. The van der Waals surface area contributed by atoms with Crippen molar-refractivity contribution >= 4 is 0 Å². The van der Waals surface area contributed by atoms with Crippen LogP contribution in [0.2, 0.25) is 0 Å². The zero-order valence-corrected chi connectivity index (χ0v) is 9.82. The first-order valence-electron chi connectivity index (χ1n) is 6.25. The SMILES string of the molecule is CN(Cc1cnc[nH]1)C1CC2CCC(C1)N2. The summed E-state index contributed by atoms with van der Waals surface area (Å²) in [4.78, 5) is 9.72. The van der Waals surface area contributed by atoms with Crippen LogP contribution >= 0.6 is 0 Å². The maximum absolute atomic E-state index is 4.07. The minimum absolute atomic E-state index is 0.738. The molecule has 1 aromatic heterocycles. The number of aromatic amines is 1. The number of aromatic nitrogens is 2. The number of fused-ring (bicyclic) bond motifs is 2. The molecule has 4 nitrogen and oxygen atoms in total. The van der Waals surface area contributed by atoms with E-state index in [1.165, 1.54) is 31.4 Å². The molecule has 0 aliphatic carbocycles. The van der Waals surface area contributed by atoms with Crippen LogP contribution in [-0.2, 0) is 6.54 Å². The van der Waals surface area contributed by atoms with E-state index in [4.69, 9.17) is 0 Å². The Morgan fingerprint density at radius 3 is 2.75 bits per heavy atom. The lowest BCUT2D eigenvalue weighted by molar-refractivity contribution is 0.164. The second-order valence-electron chi connectivity index (χ2n) is 5.26. The van der Waals surface area contributed by atoms with Crippen molar-refractivity contribution in [2.45, 2.75) is 50.4 Å². The van der Waals surface area contributed by atoms with E-state index in [2.05, 4.69) is 27.2 Å². The van der Waals surface area contributed by atoms with Crippen molar-refractivity contribution in [2.75, 3.05) is 7.05 Å². The van der Waals surface area contributed by atoms with Crippen molar-refractivity contribution in [1.82, 2.24) is 20.2 Å². The van der Waals surface area contributed by atoms with Gasteiger partial charge in [-0.2, -0.15) is 0 Å². The summed E-state index contributed by atoms with van der Waals surface area (Å²) in [5.41, 5.74) is 1.22. The molecule has 2 aliphatic heterocycles. The van der Waals surface area contributed by atoms with E-state index < -0.39 is 0 Å². The Labute approximate surface area is 96.4 Å². The molecule has 2 unspecified atom stereocenters. The topological polar surface area (TPSA) is 44.0 Å². The number of nitrogens with zero attached hydrogens (tertiary/aromatic N) is 2. The molecule has 3 heterocycles. The Hall–Kier alpha value is -0.870. The van der Waals surface area contributed by atoms with Gasteiger partial charge in [-0.25, -0.2) is 4.98 Å². The van der Waals surface area contributed by atoms with E-state index in [-0.39, 0.29) is 0 Å². The minimum atomic E-state index is 0.738. The van der Waals surface area contributed by atoms with Crippen molar-refractivity contribution in [2.24, 2.45) is 0 Å². The van der Waals surface area contributed by atoms with Gasteiger partial charge < -0.3 is 10.3 Å². The number of hydrogen-bond acceptors (Lipinski definition) is 3. The monoisotopic (exact) mass is 220 g/mol. The highest BCUT2D eigenvalue weighted by Gasteiger charge is 2.34. The fraction of sp³-hybridized carbons (Fsp3) is 0.750. The molecule has 0 spiro atoms. The first kappa shape index (κ1) is 10.3. The van der Waals surface area contributed by atoms with Gasteiger partial charge in [0.1, 0.15) is 0 Å². The van der Waals surface area contributed by atoms with Gasteiger partial charge in [0.25, 0.3) is 0 Å². The summed E-state index contributed by atoms with van der Waals surface area (Å²) < 4.78 is 0. The van der Waals surface area contributed by atoms with E-state index in [0.717, 1.165) is 24.7 Å². The van der Waals surface area contributed by atoms with Gasteiger partial charge in [0.15, 0.2) is 0 Å². The lowest BCUT2D eigenvalue weighted by Crippen LogP contribution is -2.46. The van der Waals surface area contributed by atoms with Crippen molar-refractivity contribution in [1.29, 1.82) is 0 Å². The van der Waals surface area contributed by atoms with E-state index >= 15 is 0 Å². The smallest absolute Gasteiger partial charge is 0.0922 e. The zero-order chi connectivity index (χ0) is 11.0. The fourth-order valence-electron chi connectivity index (χ4n) is 3.16. The van der Waals surface area contributed by atoms with Crippen molar-refractivity contribution in [3.05, 3.63) is 18.2 Å². The Morgan fingerprint density at radius 2 is 2.12 bits per heavy atom. The van der Waals surface area contributed by atoms with Gasteiger partial charge in [-0.3, -0.25) is 4.90 Å². The van der Waals surface area contributed by atoms with Crippen LogP contribution in [0.5, 0.6) is 0 Å². The largest absolute Gasteiger partial charge is 0.347 e. The molecule has 4 heteroatoms. The molecule has 0 amide bonds. The van der Waals surface area contributed by atoms with Crippen LogP contribution in [0.1, 0.15) is 31.4 Å². The Morgan fingerprint density at radius 1 is 1.38 bits per heavy atom. The number of imidazole rings is 1. The highest BCUT2D eigenvalue weighted by molar-refractivity contribution is 4.98. The highest BCUT2D eigenvalue weighted by atomic mass is 15.2. The summed E-state index contributed by atoms with van der Waals surface area (Å²) in [6, 6.07) is 2.28. The van der Waals surface area contributed by atoms with E-state index in [9.17, 15) is 0 Å². The average molecular weight is 220 g/mol. The molecule has 2 bridgehead atoms. The molecule has 2 N–H and O–H groups in total. The summed E-state index contributed by atoms with van der Waals surface area (Å²) >= 11 is 0. The van der Waals surface area contributed by atoms with Crippen LogP contribution < -0.4 is 5.32 Å². The van der Waals surface area contributed by atoms with Crippen LogP contribution in [0.15, 0.2) is 12.5 Å². The molecule has 0 aromatic carbocycles. The summed E-state index contributed by atoms with van der Waals surface area (Å²) in [5, 5.41) is 3.69. The normalized spacial score (nSPS) is 33.5. The minimum Gasteiger partial charge on any atom is -0.347 e. The summed E-state index contributed by atoms with van der Waals surface area (Å²) in [6.07, 6.45) is 9.04. The zero-order valence-electron chi connectivity index (χ0n) is 9.82. The summed E-state index contributed by atoms with van der Waals surface area (Å²) in [7, 11) is 2.23. The van der Waals surface area contributed by atoms with Gasteiger partial charge in [0.2, 0.25) is 0 Å². The number of piperidine rings is 1. The molecule has 2 aliphatic rings. The third kappa shape index (κ3) is 1.99. The molecule has 2 fully saturated rings. The molecular formula is C12H20N4. The second kappa shape index (κ2) is 4.18. The third-order valence-corrected chi connectivity index (χ3v) is 4.05. The third-order valence-electron chi connectivity index (χ3n) is 4.05. The van der Waals surface area contributed by atoms with Crippen molar-refractivity contribution in [3.8, 4) is 0 Å². The number of hydrogen-bond donors (Lipinski definition) is 2. The van der Waals surface area contributed by atoms with Gasteiger partial charge >= 0.3 is 0 Å². The van der Waals surface area contributed by atoms with E-state index in [1.807, 2.05) is 6.20 Å². The van der Waals surface area contributed by atoms with Crippen molar-refractivity contribution in [3.63, 3.8) is 0 Å². The van der Waals surface area contributed by atoms with Crippen LogP contribution in [0.4, 0.5) is 0 Å². The molecule has 3 rings (SSSR count). The summed E-state index contributed by atoms with van der Waals surface area (Å²) in [6.45, 7) is 0.990.